The van der Waals surface area contributed by atoms with Gasteiger partial charge in [-0.2, -0.15) is 0 Å². The number of amides is 1. The average molecular weight is 510 g/mol. The summed E-state index contributed by atoms with van der Waals surface area (Å²) in [6.45, 7) is 3.63. The predicted molar refractivity (Wildman–Crippen MR) is 134 cm³/mol. The van der Waals surface area contributed by atoms with E-state index in [1.807, 2.05) is 44.1 Å². The number of carbonyl (C=O) groups excluding carboxylic acids is 1. The largest absolute Gasteiger partial charge is 0.494 e. The normalized spacial score (nSPS) is 11.8. The molecular formula is C23H28ClN3O4S2. The fraction of sp³-hybridized carbons (Fsp3) is 0.391. The van der Waals surface area contributed by atoms with Crippen LogP contribution in [0.1, 0.15) is 19.8 Å². The van der Waals surface area contributed by atoms with E-state index in [0.29, 0.717) is 29.9 Å². The molecule has 33 heavy (non-hydrogen) atoms. The summed E-state index contributed by atoms with van der Waals surface area (Å²) in [7, 11) is 0.393. The molecule has 0 fully saturated rings. The molecule has 0 atom stereocenters. The first kappa shape index (κ1) is 25.4. The molecule has 3 aromatic rings. The van der Waals surface area contributed by atoms with E-state index in [9.17, 15) is 13.2 Å². The van der Waals surface area contributed by atoms with Crippen LogP contribution in [0.4, 0.5) is 5.13 Å². The number of carbonyl (C=O) groups is 1. The lowest BCUT2D eigenvalue weighted by molar-refractivity contribution is -0.118. The van der Waals surface area contributed by atoms with Gasteiger partial charge in [0.05, 0.1) is 27.5 Å². The number of anilines is 1. The summed E-state index contributed by atoms with van der Waals surface area (Å²) in [5, 5.41) is 1.08. The molecule has 0 saturated heterocycles. The van der Waals surface area contributed by atoms with Gasteiger partial charge in [-0.25, -0.2) is 13.4 Å². The van der Waals surface area contributed by atoms with E-state index < -0.39 is 9.84 Å². The van der Waals surface area contributed by atoms with Crippen molar-refractivity contribution in [1.29, 1.82) is 0 Å². The van der Waals surface area contributed by atoms with E-state index in [1.54, 1.807) is 17.0 Å². The molecule has 1 aromatic heterocycles. The zero-order chi connectivity index (χ0) is 24.0. The predicted octanol–water partition coefficient (Wildman–Crippen LogP) is 4.50. The van der Waals surface area contributed by atoms with Crippen molar-refractivity contribution in [2.45, 2.75) is 24.7 Å². The summed E-state index contributed by atoms with van der Waals surface area (Å²) in [6.07, 6.45) is 0.335. The number of nitrogens with zero attached hydrogens (tertiary/aromatic N) is 3. The van der Waals surface area contributed by atoms with Gasteiger partial charge in [-0.1, -0.05) is 22.9 Å². The second-order valence-corrected chi connectivity index (χ2v) is 11.3. The summed E-state index contributed by atoms with van der Waals surface area (Å²) in [5.74, 6) is 0.505. The van der Waals surface area contributed by atoms with Gasteiger partial charge in [-0.05, 0) is 69.9 Å². The summed E-state index contributed by atoms with van der Waals surface area (Å²) >= 11 is 7.27. The SMILES string of the molecule is CCOc1ccc2nc(N(CCN(C)C)C(=O)CCCS(=O)(=O)c3ccc(Cl)cc3)sc2c1. The van der Waals surface area contributed by atoms with Gasteiger partial charge >= 0.3 is 0 Å². The van der Waals surface area contributed by atoms with Crippen molar-refractivity contribution in [1.82, 2.24) is 9.88 Å². The van der Waals surface area contributed by atoms with Crippen molar-refractivity contribution in [2.75, 3.05) is 44.4 Å². The molecule has 0 bridgehead atoms. The molecule has 178 valence electrons. The number of thiazole rings is 1. The van der Waals surface area contributed by atoms with Crippen LogP contribution in [-0.4, -0.2) is 63.8 Å². The fourth-order valence-electron chi connectivity index (χ4n) is 3.20. The quantitative estimate of drug-likeness (QED) is 0.378. The second kappa shape index (κ2) is 11.3. The van der Waals surface area contributed by atoms with E-state index >= 15 is 0 Å². The molecule has 1 amide bonds. The van der Waals surface area contributed by atoms with Crippen molar-refractivity contribution in [2.24, 2.45) is 0 Å². The number of fused-ring (bicyclic) bond motifs is 1. The highest BCUT2D eigenvalue weighted by molar-refractivity contribution is 7.91. The van der Waals surface area contributed by atoms with Gasteiger partial charge in [0.2, 0.25) is 5.91 Å². The van der Waals surface area contributed by atoms with Crippen LogP contribution in [0, 0.1) is 0 Å². The van der Waals surface area contributed by atoms with E-state index in [0.717, 1.165) is 16.0 Å². The topological polar surface area (TPSA) is 79.8 Å². The van der Waals surface area contributed by atoms with Gasteiger partial charge in [0.1, 0.15) is 5.75 Å². The van der Waals surface area contributed by atoms with Crippen LogP contribution in [0.3, 0.4) is 0 Å². The number of ether oxygens (including phenoxy) is 1. The van der Waals surface area contributed by atoms with Crippen LogP contribution in [-0.2, 0) is 14.6 Å². The lowest BCUT2D eigenvalue weighted by Gasteiger charge is -2.22. The molecule has 0 aliphatic heterocycles. The van der Waals surface area contributed by atoms with Crippen LogP contribution in [0.25, 0.3) is 10.2 Å². The Hall–Kier alpha value is -2.20. The van der Waals surface area contributed by atoms with Gasteiger partial charge in [0.15, 0.2) is 15.0 Å². The Bertz CT molecular complexity index is 1190. The van der Waals surface area contributed by atoms with Gasteiger partial charge < -0.3 is 9.64 Å². The van der Waals surface area contributed by atoms with Crippen molar-refractivity contribution >= 4 is 54.0 Å². The molecule has 0 saturated carbocycles. The van der Waals surface area contributed by atoms with Crippen LogP contribution in [0.15, 0.2) is 47.4 Å². The monoisotopic (exact) mass is 509 g/mol. The molecule has 2 aromatic carbocycles. The summed E-state index contributed by atoms with van der Waals surface area (Å²) < 4.78 is 31.7. The Morgan fingerprint density at radius 1 is 1.12 bits per heavy atom. The van der Waals surface area contributed by atoms with Gasteiger partial charge in [-0.3, -0.25) is 9.69 Å². The third-order valence-corrected chi connectivity index (χ3v) is 8.05. The van der Waals surface area contributed by atoms with Crippen molar-refractivity contribution in [3.63, 3.8) is 0 Å². The Kier molecular flexibility index (Phi) is 8.69. The maximum atomic E-state index is 13.1. The van der Waals surface area contributed by atoms with Gasteiger partial charge in [-0.15, -0.1) is 0 Å². The molecule has 0 N–H and O–H groups in total. The number of benzene rings is 2. The third-order valence-electron chi connectivity index (χ3n) is 4.94. The molecule has 3 rings (SSSR count). The fourth-order valence-corrected chi connectivity index (χ4v) is 5.67. The Balaban J connectivity index is 1.72. The van der Waals surface area contributed by atoms with Crippen molar-refractivity contribution in [3.8, 4) is 5.75 Å². The third kappa shape index (κ3) is 6.89. The van der Waals surface area contributed by atoms with E-state index in [2.05, 4.69) is 4.98 Å². The summed E-state index contributed by atoms with van der Waals surface area (Å²) in [4.78, 5) is 21.6. The van der Waals surface area contributed by atoms with Crippen LogP contribution >= 0.6 is 22.9 Å². The minimum atomic E-state index is -3.48. The minimum Gasteiger partial charge on any atom is -0.494 e. The first-order chi connectivity index (χ1) is 15.7. The van der Waals surface area contributed by atoms with Crippen LogP contribution in [0.2, 0.25) is 5.02 Å². The molecule has 0 unspecified atom stereocenters. The highest BCUT2D eigenvalue weighted by atomic mass is 35.5. The number of hydrogen-bond donors (Lipinski definition) is 0. The Morgan fingerprint density at radius 2 is 1.85 bits per heavy atom. The van der Waals surface area contributed by atoms with Crippen molar-refractivity contribution in [3.05, 3.63) is 47.5 Å². The summed E-state index contributed by atoms with van der Waals surface area (Å²) in [5.41, 5.74) is 0.798. The highest BCUT2D eigenvalue weighted by Gasteiger charge is 2.22. The van der Waals surface area contributed by atoms with E-state index in [-0.39, 0.29) is 29.4 Å². The summed E-state index contributed by atoms with van der Waals surface area (Å²) in [6, 6.07) is 11.7. The van der Waals surface area contributed by atoms with E-state index in [4.69, 9.17) is 16.3 Å². The first-order valence-corrected chi connectivity index (χ1v) is 13.5. The molecule has 10 heteroatoms. The first-order valence-electron chi connectivity index (χ1n) is 10.7. The molecule has 7 nitrogen and oxygen atoms in total. The van der Waals surface area contributed by atoms with Gasteiger partial charge in [0.25, 0.3) is 0 Å². The molecule has 0 spiro atoms. The maximum Gasteiger partial charge on any atom is 0.228 e. The molecule has 0 aliphatic rings. The number of aromatic nitrogens is 1. The molecular weight excluding hydrogens is 482 g/mol. The average Bonchev–Trinajstić information content (AvgIpc) is 3.17. The molecule has 1 heterocycles. The smallest absolute Gasteiger partial charge is 0.228 e. The number of halogens is 1. The van der Waals surface area contributed by atoms with Crippen LogP contribution < -0.4 is 9.64 Å². The minimum absolute atomic E-state index is 0.111. The standard InChI is InChI=1S/C23H28ClN3O4S2/c1-4-31-18-9-12-20-21(16-18)32-23(25-20)27(14-13-26(2)3)22(28)6-5-15-33(29,30)19-10-7-17(24)8-11-19/h7-12,16H,4-6,13-15H2,1-3H3. The van der Waals surface area contributed by atoms with Gasteiger partial charge in [0, 0.05) is 24.5 Å². The second-order valence-electron chi connectivity index (χ2n) is 7.78. The zero-order valence-electron chi connectivity index (χ0n) is 19.0. The number of rotatable bonds is 11. The number of sulfone groups is 1. The number of hydrogen-bond acceptors (Lipinski definition) is 7. The van der Waals surface area contributed by atoms with Crippen molar-refractivity contribution < 1.29 is 17.9 Å². The highest BCUT2D eigenvalue weighted by Crippen LogP contribution is 2.32. The van der Waals surface area contributed by atoms with Crippen LogP contribution in [0.5, 0.6) is 5.75 Å². The Morgan fingerprint density at radius 3 is 2.52 bits per heavy atom. The zero-order valence-corrected chi connectivity index (χ0v) is 21.3. The lowest BCUT2D eigenvalue weighted by atomic mass is 10.3. The number of likely N-dealkylation sites (N-methyl/N-ethyl adjacent to an activating group) is 1. The lowest BCUT2D eigenvalue weighted by Crippen LogP contribution is -2.36. The Labute approximate surface area is 203 Å². The molecule has 0 aliphatic carbocycles. The molecule has 0 radical (unpaired) electrons. The van der Waals surface area contributed by atoms with E-state index in [1.165, 1.54) is 23.5 Å². The maximum absolute atomic E-state index is 13.1.